The molecular formula is C18H22N2. The molecule has 0 radical (unpaired) electrons. The normalized spacial score (nSPS) is 21.0. The van der Waals surface area contributed by atoms with E-state index in [1.165, 1.54) is 23.2 Å². The number of benzene rings is 1. The smallest absolute Gasteiger partial charge is 0.0482 e. The first kappa shape index (κ1) is 13.3. The predicted molar refractivity (Wildman–Crippen MR) is 82.7 cm³/mol. The molecule has 3 rings (SSSR count). The van der Waals surface area contributed by atoms with Crippen LogP contribution < -0.4 is 5.73 Å². The first-order valence-corrected chi connectivity index (χ1v) is 7.51. The van der Waals surface area contributed by atoms with Crippen LogP contribution in [-0.2, 0) is 6.42 Å². The molecule has 2 aromatic rings. The van der Waals surface area contributed by atoms with Gasteiger partial charge in [-0.3, -0.25) is 4.98 Å². The highest BCUT2D eigenvalue weighted by molar-refractivity contribution is 5.30. The number of aryl methyl sites for hydroxylation is 1. The third-order valence-corrected chi connectivity index (χ3v) is 4.61. The zero-order valence-corrected chi connectivity index (χ0v) is 12.0. The zero-order valence-electron chi connectivity index (χ0n) is 12.0. The second-order valence-corrected chi connectivity index (χ2v) is 5.82. The highest BCUT2D eigenvalue weighted by Crippen LogP contribution is 2.36. The van der Waals surface area contributed by atoms with Crippen LogP contribution in [0.25, 0.3) is 0 Å². The molecule has 1 aromatic heterocycles. The fourth-order valence-corrected chi connectivity index (χ4v) is 3.35. The molecule has 2 N–H and O–H groups in total. The number of nitrogens with two attached hydrogens (primary N) is 1. The van der Waals surface area contributed by atoms with E-state index in [9.17, 15) is 0 Å². The van der Waals surface area contributed by atoms with Crippen LogP contribution in [0, 0.1) is 0 Å². The van der Waals surface area contributed by atoms with Gasteiger partial charge >= 0.3 is 0 Å². The summed E-state index contributed by atoms with van der Waals surface area (Å²) in [6.45, 7) is 2.23. The molecule has 0 amide bonds. The SMILES string of the molecule is CC(c1ccccc1)C(N)C1CCCc2cccnc21. The molecule has 1 heterocycles. The van der Waals surface area contributed by atoms with Crippen molar-refractivity contribution >= 4 is 0 Å². The van der Waals surface area contributed by atoms with Gasteiger partial charge in [-0.05, 0) is 42.4 Å². The fourth-order valence-electron chi connectivity index (χ4n) is 3.35. The fraction of sp³-hybridized carbons (Fsp3) is 0.389. The van der Waals surface area contributed by atoms with E-state index in [1.54, 1.807) is 0 Å². The van der Waals surface area contributed by atoms with Gasteiger partial charge in [-0.25, -0.2) is 0 Å². The van der Waals surface area contributed by atoms with Crippen LogP contribution in [0.5, 0.6) is 0 Å². The third-order valence-electron chi connectivity index (χ3n) is 4.61. The lowest BCUT2D eigenvalue weighted by atomic mass is 9.76. The summed E-state index contributed by atoms with van der Waals surface area (Å²) in [5.41, 5.74) is 10.5. The second kappa shape index (κ2) is 5.76. The number of hydrogen-bond acceptors (Lipinski definition) is 2. The number of nitrogens with zero attached hydrogens (tertiary/aromatic N) is 1. The Morgan fingerprint density at radius 1 is 1.15 bits per heavy atom. The van der Waals surface area contributed by atoms with Crippen LogP contribution in [0.1, 0.15) is 48.4 Å². The standard InChI is InChI=1S/C18H22N2/c1-13(14-7-3-2-4-8-14)17(19)16-11-5-9-15-10-6-12-20-18(15)16/h2-4,6-8,10,12-13,16-17H,5,9,11,19H2,1H3. The summed E-state index contributed by atoms with van der Waals surface area (Å²) in [5, 5.41) is 0. The zero-order chi connectivity index (χ0) is 13.9. The van der Waals surface area contributed by atoms with Gasteiger partial charge in [0.1, 0.15) is 0 Å². The number of rotatable bonds is 3. The first-order chi connectivity index (χ1) is 9.77. The number of hydrogen-bond donors (Lipinski definition) is 1. The summed E-state index contributed by atoms with van der Waals surface area (Å²) >= 11 is 0. The van der Waals surface area contributed by atoms with Crippen molar-refractivity contribution < 1.29 is 0 Å². The van der Waals surface area contributed by atoms with Gasteiger partial charge in [0.25, 0.3) is 0 Å². The molecule has 3 unspecified atom stereocenters. The topological polar surface area (TPSA) is 38.9 Å². The van der Waals surface area contributed by atoms with Crippen LogP contribution in [0.2, 0.25) is 0 Å². The third kappa shape index (κ3) is 2.48. The quantitative estimate of drug-likeness (QED) is 0.921. The molecule has 0 aliphatic heterocycles. The lowest BCUT2D eigenvalue weighted by molar-refractivity contribution is 0.411. The largest absolute Gasteiger partial charge is 0.327 e. The molecular weight excluding hydrogens is 244 g/mol. The van der Waals surface area contributed by atoms with Crippen molar-refractivity contribution in [3.8, 4) is 0 Å². The maximum atomic E-state index is 6.60. The minimum atomic E-state index is 0.131. The minimum absolute atomic E-state index is 0.131. The van der Waals surface area contributed by atoms with E-state index in [0.717, 1.165) is 12.8 Å². The van der Waals surface area contributed by atoms with Crippen molar-refractivity contribution in [3.63, 3.8) is 0 Å². The average Bonchev–Trinajstić information content (AvgIpc) is 2.54. The molecule has 1 aromatic carbocycles. The second-order valence-electron chi connectivity index (χ2n) is 5.82. The van der Waals surface area contributed by atoms with Crippen molar-refractivity contribution in [2.75, 3.05) is 0 Å². The average molecular weight is 266 g/mol. The Labute approximate surface area is 121 Å². The van der Waals surface area contributed by atoms with E-state index >= 15 is 0 Å². The van der Waals surface area contributed by atoms with Gasteiger partial charge in [-0.15, -0.1) is 0 Å². The maximum Gasteiger partial charge on any atom is 0.0482 e. The molecule has 1 aliphatic carbocycles. The highest BCUT2D eigenvalue weighted by Gasteiger charge is 2.30. The maximum absolute atomic E-state index is 6.60. The summed E-state index contributed by atoms with van der Waals surface area (Å²) < 4.78 is 0. The molecule has 0 bridgehead atoms. The Kier molecular flexibility index (Phi) is 3.83. The Bertz CT molecular complexity index is 565. The van der Waals surface area contributed by atoms with Gasteiger partial charge in [-0.1, -0.05) is 43.3 Å². The Hall–Kier alpha value is -1.67. The molecule has 104 valence electrons. The highest BCUT2D eigenvalue weighted by atomic mass is 14.8. The summed E-state index contributed by atoms with van der Waals surface area (Å²) in [6, 6.07) is 14.9. The first-order valence-electron chi connectivity index (χ1n) is 7.51. The van der Waals surface area contributed by atoms with Crippen LogP contribution in [-0.4, -0.2) is 11.0 Å². The number of pyridine rings is 1. The van der Waals surface area contributed by atoms with Crippen LogP contribution in [0.15, 0.2) is 48.7 Å². The molecule has 3 atom stereocenters. The van der Waals surface area contributed by atoms with Gasteiger partial charge in [0.15, 0.2) is 0 Å². The minimum Gasteiger partial charge on any atom is -0.327 e. The van der Waals surface area contributed by atoms with E-state index in [4.69, 9.17) is 5.73 Å². The Morgan fingerprint density at radius 3 is 2.75 bits per heavy atom. The van der Waals surface area contributed by atoms with Crippen LogP contribution in [0.3, 0.4) is 0 Å². The Balaban J connectivity index is 1.87. The van der Waals surface area contributed by atoms with Crippen molar-refractivity contribution in [2.24, 2.45) is 5.73 Å². The molecule has 1 aliphatic rings. The Morgan fingerprint density at radius 2 is 1.95 bits per heavy atom. The van der Waals surface area contributed by atoms with Crippen molar-refractivity contribution in [3.05, 3.63) is 65.5 Å². The summed E-state index contributed by atoms with van der Waals surface area (Å²) in [6.07, 6.45) is 5.42. The molecule has 0 saturated heterocycles. The van der Waals surface area contributed by atoms with Crippen LogP contribution >= 0.6 is 0 Å². The van der Waals surface area contributed by atoms with E-state index in [0.29, 0.717) is 11.8 Å². The lowest BCUT2D eigenvalue weighted by Crippen LogP contribution is -2.36. The number of aromatic nitrogens is 1. The van der Waals surface area contributed by atoms with E-state index in [2.05, 4.69) is 48.3 Å². The molecule has 0 saturated carbocycles. The lowest BCUT2D eigenvalue weighted by Gasteiger charge is -2.32. The van der Waals surface area contributed by atoms with E-state index in [-0.39, 0.29) is 6.04 Å². The van der Waals surface area contributed by atoms with E-state index in [1.807, 2.05) is 12.3 Å². The summed E-state index contributed by atoms with van der Waals surface area (Å²) in [4.78, 5) is 4.62. The van der Waals surface area contributed by atoms with Gasteiger partial charge in [0.05, 0.1) is 0 Å². The van der Waals surface area contributed by atoms with Crippen molar-refractivity contribution in [2.45, 2.75) is 44.1 Å². The molecule has 2 nitrogen and oxygen atoms in total. The molecule has 2 heteroatoms. The van der Waals surface area contributed by atoms with Crippen molar-refractivity contribution in [1.29, 1.82) is 0 Å². The molecule has 0 fully saturated rings. The van der Waals surface area contributed by atoms with Crippen molar-refractivity contribution in [1.82, 2.24) is 4.98 Å². The monoisotopic (exact) mass is 266 g/mol. The summed E-state index contributed by atoms with van der Waals surface area (Å²) in [5.74, 6) is 0.740. The molecule has 20 heavy (non-hydrogen) atoms. The van der Waals surface area contributed by atoms with Gasteiger partial charge in [0.2, 0.25) is 0 Å². The summed E-state index contributed by atoms with van der Waals surface area (Å²) in [7, 11) is 0. The number of fused-ring (bicyclic) bond motifs is 1. The van der Waals surface area contributed by atoms with Gasteiger partial charge < -0.3 is 5.73 Å². The van der Waals surface area contributed by atoms with Crippen LogP contribution in [0.4, 0.5) is 0 Å². The molecule has 0 spiro atoms. The van der Waals surface area contributed by atoms with Gasteiger partial charge in [0, 0.05) is 23.9 Å². The predicted octanol–water partition coefficient (Wildman–Crippen LogP) is 3.63. The van der Waals surface area contributed by atoms with E-state index < -0.39 is 0 Å². The van der Waals surface area contributed by atoms with Gasteiger partial charge in [-0.2, -0.15) is 0 Å².